The van der Waals surface area contributed by atoms with E-state index in [1.165, 1.54) is 11.9 Å². The number of nitrogens with two attached hydrogens (primary N) is 1. The SMILES string of the molecule is C=C(Cc1cccc(Cc2ccc(Nc3ncnc4cc(CC)c(N)cc34)c(F)c2)c1)NC(C)(C)C. The van der Waals surface area contributed by atoms with Crippen molar-refractivity contribution in [3.63, 3.8) is 0 Å². The molecule has 3 aromatic carbocycles. The van der Waals surface area contributed by atoms with Crippen molar-refractivity contribution in [1.82, 2.24) is 15.3 Å². The number of rotatable bonds is 8. The van der Waals surface area contributed by atoms with Crippen molar-refractivity contribution in [2.75, 3.05) is 11.1 Å². The summed E-state index contributed by atoms with van der Waals surface area (Å²) < 4.78 is 15.1. The molecule has 0 aliphatic rings. The van der Waals surface area contributed by atoms with Crippen LogP contribution in [0.3, 0.4) is 0 Å². The lowest BCUT2D eigenvalue weighted by Gasteiger charge is -2.23. The second-order valence-electron chi connectivity index (χ2n) is 10.2. The number of allylic oxidation sites excluding steroid dienone is 1. The van der Waals surface area contributed by atoms with Crippen LogP contribution < -0.4 is 16.4 Å². The maximum Gasteiger partial charge on any atom is 0.146 e. The summed E-state index contributed by atoms with van der Waals surface area (Å²) in [6.45, 7) is 12.6. The van der Waals surface area contributed by atoms with Crippen molar-refractivity contribution in [2.45, 2.75) is 52.5 Å². The minimum Gasteiger partial charge on any atom is -0.398 e. The number of fused-ring (bicyclic) bond motifs is 1. The number of aromatic nitrogens is 2. The molecular weight excluding hydrogens is 449 g/mol. The lowest BCUT2D eigenvalue weighted by molar-refractivity contribution is 0.469. The van der Waals surface area contributed by atoms with Crippen molar-refractivity contribution in [2.24, 2.45) is 0 Å². The van der Waals surface area contributed by atoms with E-state index in [1.54, 1.807) is 12.1 Å². The second kappa shape index (κ2) is 10.4. The van der Waals surface area contributed by atoms with Gasteiger partial charge in [0.15, 0.2) is 0 Å². The predicted octanol–water partition coefficient (Wildman–Crippen LogP) is 6.69. The normalized spacial score (nSPS) is 11.5. The summed E-state index contributed by atoms with van der Waals surface area (Å²) in [5, 5.41) is 7.30. The number of benzene rings is 3. The van der Waals surface area contributed by atoms with Crippen LogP contribution >= 0.6 is 0 Å². The zero-order valence-electron chi connectivity index (χ0n) is 21.5. The summed E-state index contributed by atoms with van der Waals surface area (Å²) in [6, 6.07) is 17.4. The van der Waals surface area contributed by atoms with Crippen LogP contribution in [0.1, 0.15) is 49.9 Å². The Bertz CT molecular complexity index is 1400. The van der Waals surface area contributed by atoms with Gasteiger partial charge in [0.25, 0.3) is 0 Å². The maximum absolute atomic E-state index is 15.1. The monoisotopic (exact) mass is 483 g/mol. The predicted molar refractivity (Wildman–Crippen MR) is 148 cm³/mol. The molecule has 0 aliphatic carbocycles. The number of nitrogen functional groups attached to an aromatic ring is 1. The summed E-state index contributed by atoms with van der Waals surface area (Å²) in [5.74, 6) is 0.189. The van der Waals surface area contributed by atoms with Crippen LogP contribution in [0, 0.1) is 5.82 Å². The Balaban J connectivity index is 1.50. The molecule has 0 saturated carbocycles. The number of nitrogens with zero attached hydrogens (tertiary/aromatic N) is 2. The van der Waals surface area contributed by atoms with Gasteiger partial charge in [-0.3, -0.25) is 0 Å². The molecule has 186 valence electrons. The minimum absolute atomic E-state index is 0.0227. The lowest BCUT2D eigenvalue weighted by Crippen LogP contribution is -2.35. The fourth-order valence-corrected chi connectivity index (χ4v) is 4.37. The number of aryl methyl sites for hydroxylation is 1. The van der Waals surface area contributed by atoms with E-state index in [4.69, 9.17) is 5.73 Å². The first-order chi connectivity index (χ1) is 17.1. The first kappa shape index (κ1) is 25.2. The largest absolute Gasteiger partial charge is 0.398 e. The van der Waals surface area contributed by atoms with Crippen LogP contribution in [-0.4, -0.2) is 15.5 Å². The summed E-state index contributed by atoms with van der Waals surface area (Å²) in [4.78, 5) is 8.68. The Hall–Kier alpha value is -3.93. The van der Waals surface area contributed by atoms with Crippen molar-refractivity contribution in [3.8, 4) is 0 Å². The first-order valence-electron chi connectivity index (χ1n) is 12.2. The van der Waals surface area contributed by atoms with Gasteiger partial charge < -0.3 is 16.4 Å². The second-order valence-corrected chi connectivity index (χ2v) is 10.2. The van der Waals surface area contributed by atoms with Gasteiger partial charge in [0.2, 0.25) is 0 Å². The molecule has 0 spiro atoms. The molecule has 5 nitrogen and oxygen atoms in total. The number of anilines is 3. The summed E-state index contributed by atoms with van der Waals surface area (Å²) in [5.41, 5.74) is 13.2. The molecule has 4 rings (SSSR count). The van der Waals surface area contributed by atoms with E-state index in [0.29, 0.717) is 23.6 Å². The van der Waals surface area contributed by atoms with E-state index in [9.17, 15) is 0 Å². The van der Waals surface area contributed by atoms with Gasteiger partial charge in [-0.05, 0) is 80.1 Å². The third-order valence-corrected chi connectivity index (χ3v) is 5.93. The highest BCUT2D eigenvalue weighted by Crippen LogP contribution is 2.29. The van der Waals surface area contributed by atoms with E-state index in [1.807, 2.05) is 31.2 Å². The zero-order chi connectivity index (χ0) is 25.9. The zero-order valence-corrected chi connectivity index (χ0v) is 21.5. The van der Waals surface area contributed by atoms with Gasteiger partial charge in [-0.15, -0.1) is 0 Å². The first-order valence-corrected chi connectivity index (χ1v) is 12.2. The Morgan fingerprint density at radius 2 is 1.75 bits per heavy atom. The van der Waals surface area contributed by atoms with Crippen LogP contribution in [0.2, 0.25) is 0 Å². The average molecular weight is 484 g/mol. The van der Waals surface area contributed by atoms with E-state index >= 15 is 4.39 Å². The standard InChI is InChI=1S/C30H34FN5/c1-6-23-16-28-24(17-26(23)32)29(34-18-33-28)35-27-11-10-22(15-25(27)31)14-21-9-7-8-20(13-21)12-19(2)36-30(3,4)5/h7-11,13,15-18,36H,2,6,12,14,32H2,1,3-5H3,(H,33,34,35). The molecule has 0 amide bonds. The molecule has 6 heteroatoms. The highest BCUT2D eigenvalue weighted by Gasteiger charge is 2.12. The maximum atomic E-state index is 15.1. The molecular formula is C30H34FN5. The molecule has 36 heavy (non-hydrogen) atoms. The highest BCUT2D eigenvalue weighted by atomic mass is 19.1. The van der Waals surface area contributed by atoms with Crippen LogP contribution in [0.25, 0.3) is 10.9 Å². The molecule has 1 aromatic heterocycles. The number of halogens is 1. The molecule has 0 atom stereocenters. The lowest BCUT2D eigenvalue weighted by atomic mass is 10.00. The highest BCUT2D eigenvalue weighted by molar-refractivity contribution is 5.93. The molecule has 0 unspecified atom stereocenters. The average Bonchev–Trinajstić information content (AvgIpc) is 2.79. The summed E-state index contributed by atoms with van der Waals surface area (Å²) >= 11 is 0. The molecule has 1 heterocycles. The minimum atomic E-state index is -0.337. The Labute approximate surface area is 212 Å². The molecule has 4 N–H and O–H groups in total. The van der Waals surface area contributed by atoms with Crippen LogP contribution in [0.4, 0.5) is 21.6 Å². The smallest absolute Gasteiger partial charge is 0.146 e. The van der Waals surface area contributed by atoms with Crippen LogP contribution in [-0.2, 0) is 19.3 Å². The van der Waals surface area contributed by atoms with E-state index in [-0.39, 0.29) is 11.4 Å². The fourth-order valence-electron chi connectivity index (χ4n) is 4.37. The van der Waals surface area contributed by atoms with Gasteiger partial charge in [0.1, 0.15) is 18.0 Å². The van der Waals surface area contributed by atoms with Crippen molar-refractivity contribution < 1.29 is 4.39 Å². The van der Waals surface area contributed by atoms with E-state index in [0.717, 1.165) is 46.1 Å². The Morgan fingerprint density at radius 1 is 1.00 bits per heavy atom. The van der Waals surface area contributed by atoms with Gasteiger partial charge >= 0.3 is 0 Å². The van der Waals surface area contributed by atoms with Gasteiger partial charge in [-0.2, -0.15) is 0 Å². The van der Waals surface area contributed by atoms with Crippen molar-refractivity contribution >= 4 is 28.1 Å². The molecule has 4 aromatic rings. The van der Waals surface area contributed by atoms with Crippen LogP contribution in [0.15, 0.2) is 73.2 Å². The number of hydrogen-bond acceptors (Lipinski definition) is 5. The van der Waals surface area contributed by atoms with Gasteiger partial charge in [-0.1, -0.05) is 43.8 Å². The van der Waals surface area contributed by atoms with Crippen molar-refractivity contribution in [1.29, 1.82) is 0 Å². The molecule has 0 saturated heterocycles. The molecule has 0 radical (unpaired) electrons. The molecule has 0 fully saturated rings. The quantitative estimate of drug-likeness (QED) is 0.243. The summed E-state index contributed by atoms with van der Waals surface area (Å²) in [7, 11) is 0. The topological polar surface area (TPSA) is 75.9 Å². The van der Waals surface area contributed by atoms with Gasteiger partial charge in [0.05, 0.1) is 11.2 Å². The Kier molecular flexibility index (Phi) is 7.25. The number of hydrogen-bond donors (Lipinski definition) is 3. The van der Waals surface area contributed by atoms with E-state index in [2.05, 4.69) is 66.2 Å². The van der Waals surface area contributed by atoms with Crippen molar-refractivity contribution in [3.05, 3.63) is 101 Å². The number of nitrogens with one attached hydrogen (secondary N) is 2. The van der Waals surface area contributed by atoms with Crippen LogP contribution in [0.5, 0.6) is 0 Å². The third-order valence-electron chi connectivity index (χ3n) is 5.93. The van der Waals surface area contributed by atoms with Gasteiger partial charge in [0, 0.05) is 28.7 Å². The van der Waals surface area contributed by atoms with E-state index < -0.39 is 0 Å². The third kappa shape index (κ3) is 6.19. The molecule has 0 bridgehead atoms. The fraction of sp³-hybridized carbons (Fsp3) is 0.267. The molecule has 0 aliphatic heterocycles. The Morgan fingerprint density at radius 3 is 2.47 bits per heavy atom. The summed E-state index contributed by atoms with van der Waals surface area (Å²) in [6.07, 6.45) is 3.68. The van der Waals surface area contributed by atoms with Gasteiger partial charge in [-0.25, -0.2) is 14.4 Å².